The van der Waals surface area contributed by atoms with Crippen molar-refractivity contribution >= 4 is 11.8 Å². The number of hydrogen-bond donors (Lipinski definition) is 2. The van der Waals surface area contributed by atoms with Crippen LogP contribution in [0.2, 0.25) is 0 Å². The molecule has 7 nitrogen and oxygen atoms in total. The van der Waals surface area contributed by atoms with E-state index < -0.39 is 12.0 Å². The highest BCUT2D eigenvalue weighted by atomic mass is 19.1. The fraction of sp³-hybridized carbons (Fsp3) is 0.667. The summed E-state index contributed by atoms with van der Waals surface area (Å²) in [7, 11) is 2.27. The molecule has 8 heteroatoms. The number of nitrogens with zero attached hydrogens (tertiary/aromatic N) is 2. The van der Waals surface area contributed by atoms with Gasteiger partial charge in [0.2, 0.25) is 0 Å². The number of hydrogen-bond acceptors (Lipinski definition) is 7. The maximum atomic E-state index is 13.5. The quantitative estimate of drug-likeness (QED) is 0.685. The Morgan fingerprint density at radius 1 is 1.70 bits per heavy atom. The number of ether oxygens (including phenoxy) is 1. The second-order valence-electron chi connectivity index (χ2n) is 3.95. The molecule has 0 saturated carbocycles. The van der Waals surface area contributed by atoms with Crippen molar-refractivity contribution in [2.45, 2.75) is 25.8 Å². The minimum atomic E-state index is -0.711. The van der Waals surface area contributed by atoms with Crippen molar-refractivity contribution in [1.29, 1.82) is 0 Å². The Kier molecular flexibility index (Phi) is 9.31. The molecule has 3 N–H and O–H groups in total. The van der Waals surface area contributed by atoms with Crippen molar-refractivity contribution in [3.8, 4) is 0 Å². The molecule has 1 rings (SSSR count). The average molecular weight is 291 g/mol. The number of carbonyl (C=O) groups is 1. The Morgan fingerprint density at radius 3 is 2.85 bits per heavy atom. The maximum Gasteiger partial charge on any atom is 0.322 e. The highest BCUT2D eigenvalue weighted by molar-refractivity contribution is 5.80. The Hall–Kier alpha value is -1.67. The van der Waals surface area contributed by atoms with Crippen LogP contribution in [0.1, 0.15) is 19.8 Å². The molecule has 116 valence electrons. The maximum absolute atomic E-state index is 13.5. The minimum Gasteiger partial charge on any atom is -0.468 e. The summed E-state index contributed by atoms with van der Waals surface area (Å²) in [5.74, 6) is -0.142. The van der Waals surface area contributed by atoms with Gasteiger partial charge in [0.1, 0.15) is 17.7 Å². The normalized spacial score (nSPS) is 15.8. The molecule has 1 atom stereocenters. The van der Waals surface area contributed by atoms with Crippen LogP contribution in [0.4, 0.5) is 4.39 Å². The SMILES string of the molecule is CO.COC(=O)C(N)CC/C=C(/F)CN1CON=C1C. The van der Waals surface area contributed by atoms with Gasteiger partial charge >= 0.3 is 5.97 Å². The standard InChI is InChI=1S/C11H18FN3O3.CH4O/c1-8-14-18-7-15(8)6-9(12)4-3-5-10(13)11(16)17-2;1-2/h4,10H,3,5-7,13H2,1-2H3;2H,1H3/b9-4+;. The molecular formula is C12H22FN3O4. The topological polar surface area (TPSA) is 97.4 Å². The third-order valence-corrected chi connectivity index (χ3v) is 2.56. The van der Waals surface area contributed by atoms with E-state index in [1.165, 1.54) is 13.2 Å². The summed E-state index contributed by atoms with van der Waals surface area (Å²) in [5, 5.41) is 10.7. The van der Waals surface area contributed by atoms with Crippen LogP contribution in [0.15, 0.2) is 17.1 Å². The summed E-state index contributed by atoms with van der Waals surface area (Å²) in [6.45, 7) is 2.12. The lowest BCUT2D eigenvalue weighted by atomic mass is 10.1. The van der Waals surface area contributed by atoms with E-state index in [0.717, 1.165) is 7.11 Å². The van der Waals surface area contributed by atoms with Crippen molar-refractivity contribution in [2.24, 2.45) is 10.9 Å². The van der Waals surface area contributed by atoms with Gasteiger partial charge < -0.3 is 25.3 Å². The zero-order valence-electron chi connectivity index (χ0n) is 12.0. The third-order valence-electron chi connectivity index (χ3n) is 2.56. The van der Waals surface area contributed by atoms with Crippen LogP contribution in [0.3, 0.4) is 0 Å². The number of allylic oxidation sites excluding steroid dienone is 1. The van der Waals surface area contributed by atoms with Gasteiger partial charge in [-0.1, -0.05) is 11.2 Å². The lowest BCUT2D eigenvalue weighted by molar-refractivity contribution is -0.142. The molecular weight excluding hydrogens is 269 g/mol. The van der Waals surface area contributed by atoms with Gasteiger partial charge in [-0.3, -0.25) is 4.79 Å². The molecule has 0 fully saturated rings. The van der Waals surface area contributed by atoms with Crippen molar-refractivity contribution in [3.05, 3.63) is 11.9 Å². The largest absolute Gasteiger partial charge is 0.468 e. The Morgan fingerprint density at radius 2 is 2.35 bits per heavy atom. The number of rotatable bonds is 6. The minimum absolute atomic E-state index is 0.114. The summed E-state index contributed by atoms with van der Waals surface area (Å²) in [5.41, 5.74) is 5.52. The fourth-order valence-corrected chi connectivity index (χ4v) is 1.44. The fourth-order valence-electron chi connectivity index (χ4n) is 1.44. The van der Waals surface area contributed by atoms with Gasteiger partial charge in [-0.25, -0.2) is 4.39 Å². The summed E-state index contributed by atoms with van der Waals surface area (Å²) in [6, 6.07) is -0.711. The summed E-state index contributed by atoms with van der Waals surface area (Å²) in [6.07, 6.45) is 2.14. The van der Waals surface area contributed by atoms with Crippen LogP contribution in [-0.4, -0.2) is 55.3 Å². The van der Waals surface area contributed by atoms with E-state index in [0.29, 0.717) is 18.7 Å². The first-order valence-corrected chi connectivity index (χ1v) is 6.08. The molecule has 0 amide bonds. The van der Waals surface area contributed by atoms with E-state index >= 15 is 0 Å². The molecule has 0 bridgehead atoms. The summed E-state index contributed by atoms with van der Waals surface area (Å²) in [4.78, 5) is 17.5. The predicted octanol–water partition coefficient (Wildman–Crippen LogP) is 0.352. The number of esters is 1. The number of oxime groups is 1. The van der Waals surface area contributed by atoms with Gasteiger partial charge in [0, 0.05) is 7.11 Å². The molecule has 1 heterocycles. The molecule has 1 unspecified atom stereocenters. The van der Waals surface area contributed by atoms with Crippen LogP contribution in [0, 0.1) is 0 Å². The van der Waals surface area contributed by atoms with E-state index in [2.05, 4.69) is 9.89 Å². The van der Waals surface area contributed by atoms with Gasteiger partial charge in [-0.2, -0.15) is 0 Å². The van der Waals surface area contributed by atoms with Gasteiger partial charge in [-0.05, 0) is 19.8 Å². The van der Waals surface area contributed by atoms with E-state index in [-0.39, 0.29) is 19.1 Å². The number of nitrogens with two attached hydrogens (primary N) is 1. The average Bonchev–Trinajstić information content (AvgIpc) is 2.85. The smallest absolute Gasteiger partial charge is 0.322 e. The lowest BCUT2D eigenvalue weighted by Crippen LogP contribution is -2.31. The van der Waals surface area contributed by atoms with Gasteiger partial charge in [0.25, 0.3) is 0 Å². The van der Waals surface area contributed by atoms with Crippen LogP contribution in [0.25, 0.3) is 0 Å². The van der Waals surface area contributed by atoms with Gasteiger partial charge in [0.05, 0.1) is 13.7 Å². The highest BCUT2D eigenvalue weighted by Gasteiger charge is 2.16. The van der Waals surface area contributed by atoms with Crippen LogP contribution in [0.5, 0.6) is 0 Å². The van der Waals surface area contributed by atoms with E-state index in [1.54, 1.807) is 11.8 Å². The van der Waals surface area contributed by atoms with E-state index in [9.17, 15) is 9.18 Å². The van der Waals surface area contributed by atoms with Crippen LogP contribution >= 0.6 is 0 Å². The lowest BCUT2D eigenvalue weighted by Gasteiger charge is -2.13. The van der Waals surface area contributed by atoms with Gasteiger partial charge in [-0.15, -0.1) is 0 Å². The molecule has 0 saturated heterocycles. The Labute approximate surface area is 117 Å². The number of methoxy groups -OCH3 is 1. The molecule has 1 aliphatic rings. The second kappa shape index (κ2) is 10.2. The summed E-state index contributed by atoms with van der Waals surface area (Å²) >= 11 is 0. The molecule has 1 aliphatic heterocycles. The monoisotopic (exact) mass is 291 g/mol. The highest BCUT2D eigenvalue weighted by Crippen LogP contribution is 2.09. The Balaban J connectivity index is 0.00000172. The van der Waals surface area contributed by atoms with Gasteiger partial charge in [0.15, 0.2) is 6.73 Å². The number of aliphatic hydroxyl groups excluding tert-OH is 1. The number of halogens is 1. The van der Waals surface area contributed by atoms with Crippen molar-refractivity contribution in [3.63, 3.8) is 0 Å². The van der Waals surface area contributed by atoms with E-state index in [4.69, 9.17) is 15.7 Å². The molecule has 0 radical (unpaired) electrons. The molecule has 0 aromatic heterocycles. The number of aliphatic hydroxyl groups is 1. The molecule has 0 spiro atoms. The van der Waals surface area contributed by atoms with Crippen LogP contribution < -0.4 is 5.73 Å². The first-order valence-electron chi connectivity index (χ1n) is 6.08. The molecule has 0 aromatic carbocycles. The van der Waals surface area contributed by atoms with Crippen molar-refractivity contribution in [2.75, 3.05) is 27.5 Å². The first-order chi connectivity index (χ1) is 9.54. The molecule has 0 aromatic rings. The predicted molar refractivity (Wildman–Crippen MR) is 72.3 cm³/mol. The zero-order valence-corrected chi connectivity index (χ0v) is 12.0. The Bertz CT molecular complexity index is 361. The summed E-state index contributed by atoms with van der Waals surface area (Å²) < 4.78 is 18.0. The van der Waals surface area contributed by atoms with Crippen LogP contribution in [-0.2, 0) is 14.4 Å². The first kappa shape index (κ1) is 18.3. The van der Waals surface area contributed by atoms with Crippen molar-refractivity contribution < 1.29 is 23.9 Å². The molecule has 20 heavy (non-hydrogen) atoms. The third kappa shape index (κ3) is 6.48. The second-order valence-corrected chi connectivity index (χ2v) is 3.95. The van der Waals surface area contributed by atoms with E-state index in [1.807, 2.05) is 0 Å². The van der Waals surface area contributed by atoms with Crippen molar-refractivity contribution in [1.82, 2.24) is 4.90 Å². The number of amidine groups is 1. The molecule has 0 aliphatic carbocycles. The zero-order chi connectivity index (χ0) is 15.5. The number of carbonyl (C=O) groups excluding carboxylic acids is 1.